The molecule has 4 heteroatoms. The van der Waals surface area contributed by atoms with E-state index in [0.29, 0.717) is 6.61 Å². The summed E-state index contributed by atoms with van der Waals surface area (Å²) in [4.78, 5) is 11.7. The molecule has 0 aliphatic carbocycles. The summed E-state index contributed by atoms with van der Waals surface area (Å²) in [6.45, 7) is 10.2. The summed E-state index contributed by atoms with van der Waals surface area (Å²) in [5.74, 6) is 0.754. The topological polar surface area (TPSA) is 58.6 Å². The van der Waals surface area contributed by atoms with Crippen molar-refractivity contribution in [1.82, 2.24) is 5.32 Å². The number of aliphatic hydroxyl groups is 1. The van der Waals surface area contributed by atoms with Crippen LogP contribution < -0.4 is 10.1 Å². The first-order valence-corrected chi connectivity index (χ1v) is 7.41. The van der Waals surface area contributed by atoms with Gasteiger partial charge < -0.3 is 15.2 Å². The number of carbonyl (C=O) groups excluding carboxylic acids is 1. The molecule has 0 fully saturated rings. The van der Waals surface area contributed by atoms with Crippen molar-refractivity contribution in [2.75, 3.05) is 13.2 Å². The fourth-order valence-electron chi connectivity index (χ4n) is 1.64. The van der Waals surface area contributed by atoms with Gasteiger partial charge in [0, 0.05) is 6.54 Å². The third-order valence-corrected chi connectivity index (χ3v) is 3.96. The minimum Gasteiger partial charge on any atom is -0.493 e. The van der Waals surface area contributed by atoms with Crippen LogP contribution in [-0.2, 0) is 4.79 Å². The number of ether oxygens (including phenoxy) is 1. The van der Waals surface area contributed by atoms with Gasteiger partial charge in [0.05, 0.1) is 18.6 Å². The molecule has 1 aromatic rings. The Morgan fingerprint density at radius 3 is 2.57 bits per heavy atom. The highest BCUT2D eigenvalue weighted by molar-refractivity contribution is 5.76. The average Bonchev–Trinajstić information content (AvgIpc) is 2.40. The third kappa shape index (κ3) is 5.76. The van der Waals surface area contributed by atoms with Crippen molar-refractivity contribution < 1.29 is 14.6 Å². The van der Waals surface area contributed by atoms with Gasteiger partial charge in [-0.05, 0) is 49.9 Å². The first-order valence-electron chi connectivity index (χ1n) is 7.41. The van der Waals surface area contributed by atoms with Crippen molar-refractivity contribution in [1.29, 1.82) is 0 Å². The molecule has 1 amide bonds. The van der Waals surface area contributed by atoms with Gasteiger partial charge in [-0.25, -0.2) is 0 Å². The molecule has 0 saturated carbocycles. The minimum absolute atomic E-state index is 0.0876. The molecule has 0 radical (unpaired) electrons. The summed E-state index contributed by atoms with van der Waals surface area (Å²) < 4.78 is 5.57. The van der Waals surface area contributed by atoms with Crippen LogP contribution in [0.1, 0.15) is 38.3 Å². The Balaban J connectivity index is 2.32. The SMILES string of the molecule is Cc1ccc(OCCC(=O)NCC(C)(O)C(C)C)cc1C. The first kappa shape index (κ1) is 17.5. The van der Waals surface area contributed by atoms with E-state index in [1.165, 1.54) is 11.1 Å². The van der Waals surface area contributed by atoms with Gasteiger partial charge in [-0.2, -0.15) is 0 Å². The van der Waals surface area contributed by atoms with Crippen molar-refractivity contribution in [3.8, 4) is 5.75 Å². The van der Waals surface area contributed by atoms with E-state index in [1.807, 2.05) is 45.9 Å². The van der Waals surface area contributed by atoms with E-state index in [2.05, 4.69) is 5.32 Å². The summed E-state index contributed by atoms with van der Waals surface area (Å²) in [5.41, 5.74) is 1.51. The highest BCUT2D eigenvalue weighted by Gasteiger charge is 2.25. The van der Waals surface area contributed by atoms with E-state index in [1.54, 1.807) is 6.92 Å². The van der Waals surface area contributed by atoms with Crippen LogP contribution in [0.3, 0.4) is 0 Å². The largest absolute Gasteiger partial charge is 0.493 e. The second-order valence-corrected chi connectivity index (χ2v) is 6.13. The summed E-state index contributed by atoms with van der Waals surface area (Å²) in [5, 5.41) is 12.8. The lowest BCUT2D eigenvalue weighted by Gasteiger charge is -2.27. The van der Waals surface area contributed by atoms with Crippen molar-refractivity contribution in [3.05, 3.63) is 29.3 Å². The summed E-state index contributed by atoms with van der Waals surface area (Å²) in [7, 11) is 0. The maximum atomic E-state index is 11.7. The first-order chi connectivity index (χ1) is 9.72. The fraction of sp³-hybridized carbons (Fsp3) is 0.588. The number of aryl methyl sites for hydroxylation is 2. The van der Waals surface area contributed by atoms with Crippen molar-refractivity contribution in [2.24, 2.45) is 5.92 Å². The van der Waals surface area contributed by atoms with Crippen LogP contribution >= 0.6 is 0 Å². The molecule has 0 bridgehead atoms. The van der Waals surface area contributed by atoms with E-state index < -0.39 is 5.60 Å². The molecule has 1 atom stereocenters. The molecule has 0 spiro atoms. The van der Waals surface area contributed by atoms with Crippen LogP contribution in [0.15, 0.2) is 18.2 Å². The fourth-order valence-corrected chi connectivity index (χ4v) is 1.64. The molecule has 0 aromatic heterocycles. The Morgan fingerprint density at radius 1 is 1.33 bits per heavy atom. The normalized spacial score (nSPS) is 13.9. The van der Waals surface area contributed by atoms with Gasteiger partial charge in [-0.1, -0.05) is 19.9 Å². The molecule has 1 aromatic carbocycles. The minimum atomic E-state index is -0.884. The van der Waals surface area contributed by atoms with E-state index in [0.717, 1.165) is 5.75 Å². The van der Waals surface area contributed by atoms with Crippen LogP contribution in [0.4, 0.5) is 0 Å². The van der Waals surface area contributed by atoms with Gasteiger partial charge in [0.25, 0.3) is 0 Å². The van der Waals surface area contributed by atoms with Crippen LogP contribution in [0.25, 0.3) is 0 Å². The number of nitrogens with one attached hydrogen (secondary N) is 1. The number of carbonyl (C=O) groups is 1. The third-order valence-electron chi connectivity index (χ3n) is 3.96. The zero-order chi connectivity index (χ0) is 16.0. The molecule has 0 heterocycles. The van der Waals surface area contributed by atoms with E-state index in [9.17, 15) is 9.90 Å². The molecule has 118 valence electrons. The summed E-state index contributed by atoms with van der Waals surface area (Å²) >= 11 is 0. The Labute approximate surface area is 127 Å². The quantitative estimate of drug-likeness (QED) is 0.812. The lowest BCUT2D eigenvalue weighted by Crippen LogP contribution is -2.44. The molecule has 0 saturated heterocycles. The zero-order valence-corrected chi connectivity index (χ0v) is 13.7. The average molecular weight is 293 g/mol. The van der Waals surface area contributed by atoms with Gasteiger partial charge >= 0.3 is 0 Å². The second kappa shape index (κ2) is 7.46. The van der Waals surface area contributed by atoms with Crippen LogP contribution in [0.2, 0.25) is 0 Å². The molecular weight excluding hydrogens is 266 g/mol. The number of hydrogen-bond acceptors (Lipinski definition) is 3. The zero-order valence-electron chi connectivity index (χ0n) is 13.7. The Hall–Kier alpha value is -1.55. The van der Waals surface area contributed by atoms with Crippen LogP contribution in [-0.4, -0.2) is 29.8 Å². The molecule has 2 N–H and O–H groups in total. The molecule has 1 unspecified atom stereocenters. The molecule has 4 nitrogen and oxygen atoms in total. The van der Waals surface area contributed by atoms with E-state index >= 15 is 0 Å². The van der Waals surface area contributed by atoms with Gasteiger partial charge in [0.1, 0.15) is 5.75 Å². The highest BCUT2D eigenvalue weighted by Crippen LogP contribution is 2.17. The van der Waals surface area contributed by atoms with Crippen molar-refractivity contribution in [3.63, 3.8) is 0 Å². The number of amides is 1. The second-order valence-electron chi connectivity index (χ2n) is 6.13. The van der Waals surface area contributed by atoms with Crippen LogP contribution in [0, 0.1) is 19.8 Å². The lowest BCUT2D eigenvalue weighted by molar-refractivity contribution is -0.123. The molecule has 1 rings (SSSR count). The van der Waals surface area contributed by atoms with Crippen LogP contribution in [0.5, 0.6) is 5.75 Å². The Bertz CT molecular complexity index is 481. The monoisotopic (exact) mass is 293 g/mol. The lowest BCUT2D eigenvalue weighted by atomic mass is 9.92. The molecular formula is C17H27NO3. The Morgan fingerprint density at radius 2 is 2.00 bits per heavy atom. The number of hydrogen-bond donors (Lipinski definition) is 2. The molecule has 0 aliphatic rings. The smallest absolute Gasteiger partial charge is 0.223 e. The van der Waals surface area contributed by atoms with Gasteiger partial charge in [0.2, 0.25) is 5.91 Å². The van der Waals surface area contributed by atoms with Gasteiger partial charge in [-0.3, -0.25) is 4.79 Å². The predicted octanol–water partition coefficient (Wildman–Crippen LogP) is 2.60. The van der Waals surface area contributed by atoms with Gasteiger partial charge in [0.15, 0.2) is 0 Å². The maximum absolute atomic E-state index is 11.7. The van der Waals surface area contributed by atoms with Crippen molar-refractivity contribution in [2.45, 2.75) is 46.6 Å². The summed E-state index contributed by atoms with van der Waals surface area (Å²) in [6.07, 6.45) is 0.279. The predicted molar refractivity (Wildman–Crippen MR) is 84.5 cm³/mol. The van der Waals surface area contributed by atoms with E-state index in [4.69, 9.17) is 4.74 Å². The maximum Gasteiger partial charge on any atom is 0.223 e. The summed E-state index contributed by atoms with van der Waals surface area (Å²) in [6, 6.07) is 5.88. The standard InChI is InChI=1S/C17H27NO3/c1-12(2)17(5,20)11-18-16(19)8-9-21-15-7-6-13(3)14(4)10-15/h6-7,10,12,20H,8-9,11H2,1-5H3,(H,18,19). The highest BCUT2D eigenvalue weighted by atomic mass is 16.5. The van der Waals surface area contributed by atoms with Gasteiger partial charge in [-0.15, -0.1) is 0 Å². The van der Waals surface area contributed by atoms with E-state index in [-0.39, 0.29) is 24.8 Å². The number of benzene rings is 1. The van der Waals surface area contributed by atoms with Crippen molar-refractivity contribution >= 4 is 5.91 Å². The number of rotatable bonds is 7. The Kier molecular flexibility index (Phi) is 6.21. The molecule has 0 aliphatic heterocycles. The molecule has 21 heavy (non-hydrogen) atoms.